The van der Waals surface area contributed by atoms with Gasteiger partial charge in [-0.15, -0.1) is 11.3 Å². The molecule has 0 amide bonds. The first kappa shape index (κ1) is 18.9. The molecule has 0 unspecified atom stereocenters. The number of hydrogen-bond donors (Lipinski definition) is 2. The number of nitrogens with one attached hydrogen (secondary N) is 2. The van der Waals surface area contributed by atoms with Crippen molar-refractivity contribution in [3.8, 4) is 5.75 Å². The smallest absolute Gasteiger partial charge is 0.163 e. The van der Waals surface area contributed by atoms with E-state index in [1.54, 1.807) is 11.3 Å². The van der Waals surface area contributed by atoms with E-state index in [-0.39, 0.29) is 17.7 Å². The van der Waals surface area contributed by atoms with Crippen LogP contribution in [0, 0.1) is 0 Å². The third-order valence-electron chi connectivity index (χ3n) is 5.78. The maximum atomic E-state index is 13.5. The van der Waals surface area contributed by atoms with E-state index in [0.717, 1.165) is 40.4 Å². The molecule has 0 saturated heterocycles. The zero-order chi connectivity index (χ0) is 20.5. The number of ether oxygens (including phenoxy) is 1. The van der Waals surface area contributed by atoms with Gasteiger partial charge in [0, 0.05) is 34.0 Å². The van der Waals surface area contributed by atoms with Crippen molar-refractivity contribution in [2.45, 2.75) is 31.7 Å². The van der Waals surface area contributed by atoms with Crippen LogP contribution in [0.3, 0.4) is 0 Å². The number of para-hydroxylation sites is 3. The van der Waals surface area contributed by atoms with Gasteiger partial charge in [-0.2, -0.15) is 0 Å². The summed E-state index contributed by atoms with van der Waals surface area (Å²) in [6.07, 6.45) is 1.36. The number of benzene rings is 2. The summed E-state index contributed by atoms with van der Waals surface area (Å²) in [4.78, 5) is 14.8. The second-order valence-electron chi connectivity index (χ2n) is 7.65. The topological polar surface area (TPSA) is 50.4 Å². The lowest BCUT2D eigenvalue weighted by Crippen LogP contribution is -2.27. The Kier molecular flexibility index (Phi) is 5.05. The lowest BCUT2D eigenvalue weighted by atomic mass is 9.80. The van der Waals surface area contributed by atoms with Crippen molar-refractivity contribution in [2.24, 2.45) is 0 Å². The summed E-state index contributed by atoms with van der Waals surface area (Å²) in [6, 6.07) is 20.1. The van der Waals surface area contributed by atoms with Gasteiger partial charge in [0.1, 0.15) is 5.75 Å². The van der Waals surface area contributed by atoms with Gasteiger partial charge in [-0.3, -0.25) is 4.79 Å². The Morgan fingerprint density at radius 3 is 2.60 bits per heavy atom. The van der Waals surface area contributed by atoms with Crippen molar-refractivity contribution >= 4 is 28.5 Å². The van der Waals surface area contributed by atoms with Gasteiger partial charge in [-0.1, -0.05) is 36.4 Å². The SMILES string of the molecule is CCOc1ccccc1[C@H]1Nc2ccccc2NC2=C1C(=O)C[C@H](c1cccs1)C2. The Bertz CT molecular complexity index is 1100. The Balaban J connectivity index is 1.64. The number of Topliss-reactive ketones (excluding diaryl/α,β-unsaturated/α-hetero) is 1. The zero-order valence-electron chi connectivity index (χ0n) is 16.9. The minimum Gasteiger partial charge on any atom is -0.494 e. The summed E-state index contributed by atoms with van der Waals surface area (Å²) in [5.74, 6) is 1.23. The van der Waals surface area contributed by atoms with Gasteiger partial charge in [0.2, 0.25) is 0 Å². The Labute approximate surface area is 180 Å². The molecule has 2 N–H and O–H groups in total. The molecule has 0 spiro atoms. The van der Waals surface area contributed by atoms with Crippen molar-refractivity contribution in [3.63, 3.8) is 0 Å². The van der Waals surface area contributed by atoms with E-state index in [9.17, 15) is 4.79 Å². The van der Waals surface area contributed by atoms with Gasteiger partial charge in [0.25, 0.3) is 0 Å². The van der Waals surface area contributed by atoms with Crippen LogP contribution in [0.15, 0.2) is 77.3 Å². The summed E-state index contributed by atoms with van der Waals surface area (Å²) < 4.78 is 5.92. The molecule has 0 saturated carbocycles. The van der Waals surface area contributed by atoms with Gasteiger partial charge in [-0.05, 0) is 43.0 Å². The number of allylic oxidation sites excluding steroid dienone is 1. The van der Waals surface area contributed by atoms with Gasteiger partial charge in [0.05, 0.1) is 24.0 Å². The van der Waals surface area contributed by atoms with Crippen molar-refractivity contribution in [3.05, 3.63) is 87.8 Å². The molecule has 30 heavy (non-hydrogen) atoms. The first-order valence-electron chi connectivity index (χ1n) is 10.4. The van der Waals surface area contributed by atoms with Crippen molar-refractivity contribution in [1.29, 1.82) is 0 Å². The van der Waals surface area contributed by atoms with Crippen LogP contribution in [-0.2, 0) is 4.79 Å². The first-order valence-corrected chi connectivity index (χ1v) is 11.3. The van der Waals surface area contributed by atoms with Crippen molar-refractivity contribution in [1.82, 2.24) is 0 Å². The highest BCUT2D eigenvalue weighted by Crippen LogP contribution is 2.46. The minimum atomic E-state index is -0.254. The monoisotopic (exact) mass is 416 g/mol. The third-order valence-corrected chi connectivity index (χ3v) is 6.82. The maximum absolute atomic E-state index is 13.5. The number of anilines is 2. The van der Waals surface area contributed by atoms with Crippen LogP contribution in [0.5, 0.6) is 5.75 Å². The first-order chi connectivity index (χ1) is 14.7. The molecule has 2 aromatic carbocycles. The van der Waals surface area contributed by atoms with Crippen LogP contribution >= 0.6 is 11.3 Å². The van der Waals surface area contributed by atoms with Crippen LogP contribution in [0.25, 0.3) is 0 Å². The van der Waals surface area contributed by atoms with E-state index in [0.29, 0.717) is 13.0 Å². The predicted molar refractivity (Wildman–Crippen MR) is 122 cm³/mol. The van der Waals surface area contributed by atoms with E-state index in [1.807, 2.05) is 37.3 Å². The molecule has 4 nitrogen and oxygen atoms in total. The van der Waals surface area contributed by atoms with Crippen LogP contribution < -0.4 is 15.4 Å². The van der Waals surface area contributed by atoms with Crippen molar-refractivity contribution < 1.29 is 9.53 Å². The van der Waals surface area contributed by atoms with E-state index in [2.05, 4.69) is 46.3 Å². The third kappa shape index (κ3) is 3.39. The highest BCUT2D eigenvalue weighted by atomic mass is 32.1. The maximum Gasteiger partial charge on any atom is 0.163 e. The fourth-order valence-electron chi connectivity index (χ4n) is 4.46. The summed E-state index contributed by atoms with van der Waals surface area (Å²) in [5, 5.41) is 9.32. The number of fused-ring (bicyclic) bond motifs is 1. The van der Waals surface area contributed by atoms with Crippen LogP contribution in [0.1, 0.15) is 42.2 Å². The second-order valence-corrected chi connectivity index (χ2v) is 8.63. The van der Waals surface area contributed by atoms with Gasteiger partial charge in [-0.25, -0.2) is 0 Å². The quantitative estimate of drug-likeness (QED) is 0.537. The number of rotatable bonds is 4. The molecule has 1 aliphatic heterocycles. The summed E-state index contributed by atoms with van der Waals surface area (Å²) in [6.45, 7) is 2.56. The molecule has 5 heteroatoms. The Morgan fingerprint density at radius 2 is 1.80 bits per heavy atom. The van der Waals surface area contributed by atoms with Gasteiger partial charge >= 0.3 is 0 Å². The fourth-order valence-corrected chi connectivity index (χ4v) is 5.29. The lowest BCUT2D eigenvalue weighted by Gasteiger charge is -2.30. The van der Waals surface area contributed by atoms with Crippen LogP contribution in [0.2, 0.25) is 0 Å². The Morgan fingerprint density at radius 1 is 1.00 bits per heavy atom. The number of carbonyl (C=O) groups is 1. The fraction of sp³-hybridized carbons (Fsp3) is 0.240. The Hall–Kier alpha value is -3.05. The molecule has 2 heterocycles. The van der Waals surface area contributed by atoms with Gasteiger partial charge in [0.15, 0.2) is 5.78 Å². The van der Waals surface area contributed by atoms with E-state index < -0.39 is 0 Å². The van der Waals surface area contributed by atoms with E-state index >= 15 is 0 Å². The summed E-state index contributed by atoms with van der Waals surface area (Å²) in [5.41, 5.74) is 4.82. The average molecular weight is 417 g/mol. The number of ketones is 1. The summed E-state index contributed by atoms with van der Waals surface area (Å²) >= 11 is 1.73. The molecule has 5 rings (SSSR count). The second kappa shape index (κ2) is 8.00. The molecule has 2 atom stereocenters. The molecular formula is C25H24N2O2S. The van der Waals surface area contributed by atoms with Gasteiger partial charge < -0.3 is 15.4 Å². The molecule has 152 valence electrons. The number of thiophene rings is 1. The summed E-state index contributed by atoms with van der Waals surface area (Å²) in [7, 11) is 0. The molecule has 3 aromatic rings. The molecule has 0 fully saturated rings. The molecular weight excluding hydrogens is 392 g/mol. The van der Waals surface area contributed by atoms with Crippen LogP contribution in [0.4, 0.5) is 11.4 Å². The molecule has 2 aliphatic rings. The number of hydrogen-bond acceptors (Lipinski definition) is 5. The normalized spacial score (nSPS) is 20.5. The number of carbonyl (C=O) groups excluding carboxylic acids is 1. The standard InChI is InChI=1S/C25H24N2O2S/c1-2-29-22-11-6-3-8-17(22)25-24-20(26-18-9-4-5-10-19(18)27-25)14-16(15-21(24)28)23-12-7-13-30-23/h3-13,16,25-27H,2,14-15H2,1H3/t16-,25-/m1/s1. The van der Waals surface area contributed by atoms with E-state index in [1.165, 1.54) is 4.88 Å². The predicted octanol–water partition coefficient (Wildman–Crippen LogP) is 6.13. The minimum absolute atomic E-state index is 0.193. The highest BCUT2D eigenvalue weighted by Gasteiger charge is 2.37. The zero-order valence-corrected chi connectivity index (χ0v) is 17.7. The highest BCUT2D eigenvalue weighted by molar-refractivity contribution is 7.10. The molecule has 0 bridgehead atoms. The molecule has 0 radical (unpaired) electrons. The molecule has 1 aliphatic carbocycles. The van der Waals surface area contributed by atoms with Crippen LogP contribution in [-0.4, -0.2) is 12.4 Å². The average Bonchev–Trinajstić information content (AvgIpc) is 3.24. The molecule has 1 aromatic heterocycles. The lowest BCUT2D eigenvalue weighted by molar-refractivity contribution is -0.116. The largest absolute Gasteiger partial charge is 0.494 e. The van der Waals surface area contributed by atoms with E-state index in [4.69, 9.17) is 4.74 Å². The van der Waals surface area contributed by atoms with Crippen molar-refractivity contribution in [2.75, 3.05) is 17.2 Å².